The smallest absolute Gasteiger partial charge is 0.0447 e. The third-order valence-electron chi connectivity index (χ3n) is 3.84. The molecule has 1 aliphatic carbocycles. The summed E-state index contributed by atoms with van der Waals surface area (Å²) < 4.78 is 0. The first-order chi connectivity index (χ1) is 6.99. The van der Waals surface area contributed by atoms with Gasteiger partial charge in [0.05, 0.1) is 0 Å². The Labute approximate surface area is 96.6 Å². The van der Waals surface area contributed by atoms with E-state index in [2.05, 4.69) is 26.8 Å². The molecule has 15 heavy (non-hydrogen) atoms. The topological polar surface area (TPSA) is 26.0 Å². The van der Waals surface area contributed by atoms with Crippen molar-refractivity contribution < 1.29 is 0 Å². The van der Waals surface area contributed by atoms with Gasteiger partial charge in [0.1, 0.15) is 0 Å². The Morgan fingerprint density at radius 2 is 1.93 bits per heavy atom. The minimum absolute atomic E-state index is 0.160. The number of hydrogen-bond acceptors (Lipinski definition) is 1. The van der Waals surface area contributed by atoms with E-state index >= 15 is 0 Å². The van der Waals surface area contributed by atoms with Crippen molar-refractivity contribution in [3.63, 3.8) is 0 Å². The Balaban J connectivity index is 2.57. The fourth-order valence-electron chi connectivity index (χ4n) is 2.46. The van der Waals surface area contributed by atoms with Gasteiger partial charge in [-0.25, -0.2) is 0 Å². The van der Waals surface area contributed by atoms with Gasteiger partial charge in [0.25, 0.3) is 0 Å². The van der Waals surface area contributed by atoms with Crippen LogP contribution in [0.2, 0.25) is 5.02 Å². The summed E-state index contributed by atoms with van der Waals surface area (Å²) in [6.45, 7) is 6.37. The van der Waals surface area contributed by atoms with E-state index in [-0.39, 0.29) is 11.5 Å². The average Bonchev–Trinajstić information content (AvgIpc) is 2.93. The van der Waals surface area contributed by atoms with E-state index in [9.17, 15) is 0 Å². The van der Waals surface area contributed by atoms with Crippen molar-refractivity contribution in [3.8, 4) is 0 Å². The van der Waals surface area contributed by atoms with Crippen molar-refractivity contribution in [2.45, 2.75) is 45.1 Å². The molecule has 1 nitrogen and oxygen atoms in total. The zero-order valence-corrected chi connectivity index (χ0v) is 10.4. The molecular formula is C13H18ClN. The average molecular weight is 224 g/mol. The number of hydrogen-bond donors (Lipinski definition) is 1. The maximum absolute atomic E-state index is 6.31. The third kappa shape index (κ3) is 1.58. The van der Waals surface area contributed by atoms with Crippen LogP contribution in [0, 0.1) is 13.8 Å². The molecule has 0 amide bonds. The molecule has 0 aromatic heterocycles. The van der Waals surface area contributed by atoms with Gasteiger partial charge in [-0.3, -0.25) is 0 Å². The molecule has 82 valence electrons. The lowest BCUT2D eigenvalue weighted by Gasteiger charge is -2.24. The van der Waals surface area contributed by atoms with Gasteiger partial charge in [-0.2, -0.15) is 0 Å². The predicted octanol–water partition coefficient (Wildman–Crippen LogP) is 3.34. The molecule has 2 N–H and O–H groups in total. The molecule has 1 saturated carbocycles. The molecule has 0 heterocycles. The number of benzene rings is 1. The molecule has 1 aromatic rings. The van der Waals surface area contributed by atoms with Crippen molar-refractivity contribution in [2.24, 2.45) is 5.73 Å². The fraction of sp³-hybridized carbons (Fsp3) is 0.538. The molecule has 1 aliphatic rings. The summed E-state index contributed by atoms with van der Waals surface area (Å²) in [7, 11) is 0. The molecule has 0 saturated heterocycles. The van der Waals surface area contributed by atoms with Crippen LogP contribution in [0.15, 0.2) is 12.1 Å². The highest BCUT2D eigenvalue weighted by Crippen LogP contribution is 2.53. The lowest BCUT2D eigenvalue weighted by molar-refractivity contribution is 0.553. The number of halogens is 1. The maximum Gasteiger partial charge on any atom is 0.0447 e. The quantitative estimate of drug-likeness (QED) is 0.818. The van der Waals surface area contributed by atoms with Crippen molar-refractivity contribution in [2.75, 3.05) is 0 Å². The van der Waals surface area contributed by atoms with E-state index in [1.165, 1.54) is 29.5 Å². The van der Waals surface area contributed by atoms with Crippen LogP contribution in [0.4, 0.5) is 0 Å². The lowest BCUT2D eigenvalue weighted by atomic mass is 9.85. The Hall–Kier alpha value is -0.530. The standard InChI is InChI=1S/C13H18ClN/c1-8-4-5-11(14)12(9(8)2)13(6-7-13)10(3)15/h4-5,10H,6-7,15H2,1-3H3. The van der Waals surface area contributed by atoms with Crippen LogP contribution in [0.3, 0.4) is 0 Å². The molecule has 0 aliphatic heterocycles. The van der Waals surface area contributed by atoms with Gasteiger partial charge in [-0.05, 0) is 56.4 Å². The first-order valence-corrected chi connectivity index (χ1v) is 5.88. The second-order valence-corrected chi connectivity index (χ2v) is 5.22. The Kier molecular flexibility index (Phi) is 2.56. The van der Waals surface area contributed by atoms with E-state index in [0.29, 0.717) is 0 Å². The zero-order chi connectivity index (χ0) is 11.2. The van der Waals surface area contributed by atoms with Crippen molar-refractivity contribution >= 4 is 11.6 Å². The monoisotopic (exact) mass is 223 g/mol. The second-order valence-electron chi connectivity index (χ2n) is 4.81. The second kappa shape index (κ2) is 3.50. The highest BCUT2D eigenvalue weighted by molar-refractivity contribution is 6.31. The summed E-state index contributed by atoms with van der Waals surface area (Å²) in [5, 5.41) is 0.882. The van der Waals surface area contributed by atoms with Crippen molar-refractivity contribution in [1.29, 1.82) is 0 Å². The summed E-state index contributed by atoms with van der Waals surface area (Å²) in [6.07, 6.45) is 2.35. The van der Waals surface area contributed by atoms with E-state index in [1.807, 2.05) is 6.07 Å². The minimum Gasteiger partial charge on any atom is -0.327 e. The van der Waals surface area contributed by atoms with Gasteiger partial charge < -0.3 is 5.73 Å². The van der Waals surface area contributed by atoms with Gasteiger partial charge in [-0.15, -0.1) is 0 Å². The third-order valence-corrected chi connectivity index (χ3v) is 4.16. The lowest BCUT2D eigenvalue weighted by Crippen LogP contribution is -2.32. The van der Waals surface area contributed by atoms with E-state index in [0.717, 1.165) is 5.02 Å². The molecule has 2 rings (SSSR count). The van der Waals surface area contributed by atoms with Crippen LogP contribution < -0.4 is 5.73 Å². The Bertz CT molecular complexity index is 392. The minimum atomic E-state index is 0.160. The van der Waals surface area contributed by atoms with Crippen molar-refractivity contribution in [1.82, 2.24) is 0 Å². The van der Waals surface area contributed by atoms with Crippen LogP contribution in [0.5, 0.6) is 0 Å². The highest BCUT2D eigenvalue weighted by atomic mass is 35.5. The molecule has 2 heteroatoms. The van der Waals surface area contributed by atoms with E-state index in [1.54, 1.807) is 0 Å². The molecule has 1 atom stereocenters. The van der Waals surface area contributed by atoms with Gasteiger partial charge >= 0.3 is 0 Å². The first-order valence-electron chi connectivity index (χ1n) is 5.51. The fourth-order valence-corrected chi connectivity index (χ4v) is 2.85. The van der Waals surface area contributed by atoms with E-state index in [4.69, 9.17) is 17.3 Å². The molecule has 1 unspecified atom stereocenters. The Morgan fingerprint density at radius 3 is 2.40 bits per heavy atom. The number of rotatable bonds is 2. The summed E-state index contributed by atoms with van der Waals surface area (Å²) >= 11 is 6.31. The van der Waals surface area contributed by atoms with Gasteiger partial charge in [0, 0.05) is 16.5 Å². The summed E-state index contributed by atoms with van der Waals surface area (Å²) in [4.78, 5) is 0. The van der Waals surface area contributed by atoms with Gasteiger partial charge in [0.2, 0.25) is 0 Å². The Morgan fingerprint density at radius 1 is 1.33 bits per heavy atom. The number of aryl methyl sites for hydroxylation is 1. The summed E-state index contributed by atoms with van der Waals surface area (Å²) in [5.74, 6) is 0. The molecule has 0 radical (unpaired) electrons. The van der Waals surface area contributed by atoms with Gasteiger partial charge in [-0.1, -0.05) is 17.7 Å². The molecule has 0 spiro atoms. The van der Waals surface area contributed by atoms with Crippen LogP contribution in [0.1, 0.15) is 36.5 Å². The number of nitrogens with two attached hydrogens (primary N) is 1. The largest absolute Gasteiger partial charge is 0.327 e. The molecule has 1 fully saturated rings. The van der Waals surface area contributed by atoms with Gasteiger partial charge in [0.15, 0.2) is 0 Å². The van der Waals surface area contributed by atoms with Crippen LogP contribution in [0.25, 0.3) is 0 Å². The highest BCUT2D eigenvalue weighted by Gasteiger charge is 2.49. The van der Waals surface area contributed by atoms with Crippen LogP contribution >= 0.6 is 11.6 Å². The van der Waals surface area contributed by atoms with E-state index < -0.39 is 0 Å². The normalized spacial score (nSPS) is 20.1. The predicted molar refractivity (Wildman–Crippen MR) is 65.5 cm³/mol. The van der Waals surface area contributed by atoms with Crippen molar-refractivity contribution in [3.05, 3.63) is 33.8 Å². The van der Waals surface area contributed by atoms with Crippen LogP contribution in [-0.2, 0) is 5.41 Å². The molecule has 1 aromatic carbocycles. The SMILES string of the molecule is Cc1ccc(Cl)c(C2(C(C)N)CC2)c1C. The molecular weight excluding hydrogens is 206 g/mol. The maximum atomic E-state index is 6.31. The zero-order valence-electron chi connectivity index (χ0n) is 9.60. The van der Waals surface area contributed by atoms with Crippen LogP contribution in [-0.4, -0.2) is 6.04 Å². The molecule has 0 bridgehead atoms. The summed E-state index contributed by atoms with van der Waals surface area (Å²) in [6, 6.07) is 4.27. The summed E-state index contributed by atoms with van der Waals surface area (Å²) in [5.41, 5.74) is 10.2. The first kappa shape index (κ1) is 11.0.